The lowest BCUT2D eigenvalue weighted by Gasteiger charge is -2.45. The number of aliphatic hydroxyl groups is 1. The Morgan fingerprint density at radius 1 is 1.09 bits per heavy atom. The summed E-state index contributed by atoms with van der Waals surface area (Å²) >= 11 is 10.2. The van der Waals surface area contributed by atoms with Gasteiger partial charge in [0, 0.05) is 42.0 Å². The Bertz CT molecular complexity index is 1500. The van der Waals surface area contributed by atoms with Crippen molar-refractivity contribution in [2.24, 2.45) is 5.92 Å². The van der Waals surface area contributed by atoms with E-state index < -0.39 is 25.6 Å². The van der Waals surface area contributed by atoms with E-state index in [1.54, 1.807) is 13.2 Å². The third kappa shape index (κ3) is 5.03. The first-order valence-corrected chi connectivity index (χ1v) is 19.4. The van der Waals surface area contributed by atoms with Crippen molar-refractivity contribution >= 4 is 35.8 Å². The van der Waals surface area contributed by atoms with Crippen molar-refractivity contribution < 1.29 is 23.7 Å². The first-order valence-electron chi connectivity index (χ1n) is 15.3. The zero-order valence-corrected chi connectivity index (χ0v) is 29.6. The normalized spacial score (nSPS) is 28.8. The van der Waals surface area contributed by atoms with Crippen LogP contribution in [0, 0.1) is 5.92 Å². The number of halogens is 2. The Morgan fingerprint density at radius 3 is 2.36 bits per heavy atom. The average Bonchev–Trinajstić information content (AvgIpc) is 3.35. The number of hydrogen-bond donors (Lipinski definition) is 1. The lowest BCUT2D eigenvalue weighted by atomic mass is 9.71. The molecule has 1 N–H and O–H groups in total. The van der Waals surface area contributed by atoms with Gasteiger partial charge in [0.15, 0.2) is 19.5 Å². The van der Waals surface area contributed by atoms with Gasteiger partial charge in [-0.2, -0.15) is 0 Å². The first kappa shape index (κ1) is 32.0. The predicted molar refractivity (Wildman–Crippen MR) is 178 cm³/mol. The van der Waals surface area contributed by atoms with E-state index in [1.165, 1.54) is 0 Å². The van der Waals surface area contributed by atoms with Crippen LogP contribution in [0.3, 0.4) is 0 Å². The molecule has 2 aliphatic heterocycles. The maximum Gasteiger partial charge on any atom is 0.224 e. The maximum absolute atomic E-state index is 13.8. The molecule has 0 radical (unpaired) electrons. The molecule has 0 unspecified atom stereocenters. The molecule has 3 heterocycles. The summed E-state index contributed by atoms with van der Waals surface area (Å²) in [6.07, 6.45) is -0.654. The minimum atomic E-state index is -2.47. The Balaban J connectivity index is 1.69. The molecule has 0 spiro atoms. The summed E-state index contributed by atoms with van der Waals surface area (Å²) in [5, 5.41) is 14.0. The number of fused-ring (bicyclic) bond motifs is 3. The van der Waals surface area contributed by atoms with Crippen LogP contribution in [0.2, 0.25) is 23.3 Å². The summed E-state index contributed by atoms with van der Waals surface area (Å²) in [4.78, 5) is 6.99. The highest BCUT2D eigenvalue weighted by molar-refractivity contribution is 9.10. The third-order valence-electron chi connectivity index (χ3n) is 10.2. The van der Waals surface area contributed by atoms with E-state index >= 15 is 0 Å². The van der Waals surface area contributed by atoms with Crippen molar-refractivity contribution in [3.05, 3.63) is 87.0 Å². The summed E-state index contributed by atoms with van der Waals surface area (Å²) in [5.74, 6) is 0.244. The fourth-order valence-electron chi connectivity index (χ4n) is 7.18. The second kappa shape index (κ2) is 11.7. The van der Waals surface area contributed by atoms with Crippen LogP contribution in [0.1, 0.15) is 43.4 Å². The van der Waals surface area contributed by atoms with Crippen molar-refractivity contribution in [2.45, 2.75) is 62.1 Å². The Hall–Kier alpha value is -1.98. The molecule has 1 saturated heterocycles. The second-order valence-electron chi connectivity index (χ2n) is 13.7. The van der Waals surface area contributed by atoms with Gasteiger partial charge in [-0.15, -0.1) is 0 Å². The van der Waals surface area contributed by atoms with E-state index in [0.29, 0.717) is 31.1 Å². The smallest absolute Gasteiger partial charge is 0.224 e. The average molecular weight is 702 g/mol. The summed E-state index contributed by atoms with van der Waals surface area (Å²) < 4.78 is 27.2. The molecule has 3 aromatic rings. The number of rotatable bonds is 7. The standard InChI is InChI=1S/C34H42BrClN2O5Si/c1-32(2,3)44(5,6)43-30-25(21-38-16-18-41-19-17-38)28(22-10-8-7-9-11-22)34(23-12-14-24(35)15-13-23)33(30,39)29-26(42-34)20-27(36)37-31(29)40-4/h7-15,20,25,28,30,39H,16-19,21H2,1-6H3/t25-,28-,30-,33+,34+/m1/s1. The van der Waals surface area contributed by atoms with Crippen LogP contribution >= 0.6 is 27.5 Å². The molecule has 2 fully saturated rings. The van der Waals surface area contributed by atoms with Gasteiger partial charge in [0.25, 0.3) is 0 Å². The largest absolute Gasteiger partial charge is 0.481 e. The first-order chi connectivity index (χ1) is 20.8. The minimum Gasteiger partial charge on any atom is -0.481 e. The van der Waals surface area contributed by atoms with Crippen molar-refractivity contribution in [2.75, 3.05) is 40.0 Å². The molecule has 3 aliphatic rings. The molecule has 5 atom stereocenters. The van der Waals surface area contributed by atoms with Gasteiger partial charge in [0.2, 0.25) is 5.88 Å². The van der Waals surface area contributed by atoms with Gasteiger partial charge in [-0.25, -0.2) is 4.98 Å². The van der Waals surface area contributed by atoms with Crippen molar-refractivity contribution in [1.29, 1.82) is 0 Å². The van der Waals surface area contributed by atoms with E-state index in [1.807, 2.05) is 30.3 Å². The van der Waals surface area contributed by atoms with Crippen LogP contribution in [0.25, 0.3) is 0 Å². The molecule has 0 amide bonds. The number of methoxy groups -OCH3 is 1. The topological polar surface area (TPSA) is 73.3 Å². The lowest BCUT2D eigenvalue weighted by Crippen LogP contribution is -2.56. The van der Waals surface area contributed by atoms with Gasteiger partial charge in [-0.3, -0.25) is 4.90 Å². The lowest BCUT2D eigenvalue weighted by molar-refractivity contribution is -0.148. The van der Waals surface area contributed by atoms with E-state index in [2.05, 4.69) is 83.9 Å². The van der Waals surface area contributed by atoms with Crippen LogP contribution in [0.5, 0.6) is 11.6 Å². The van der Waals surface area contributed by atoms with E-state index in [9.17, 15) is 5.11 Å². The van der Waals surface area contributed by atoms with Crippen molar-refractivity contribution in [1.82, 2.24) is 9.88 Å². The quantitative estimate of drug-likeness (QED) is 0.208. The SMILES string of the molecule is COc1nc(Cl)cc2c1[C@]1(O)[C@H](O[Si](C)(C)C(C)(C)C)[C@H](CN3CCOCC3)[C@@H](c3ccccc3)[C@]1(c1ccc(Br)cc1)O2. The highest BCUT2D eigenvalue weighted by Gasteiger charge is 2.78. The van der Waals surface area contributed by atoms with Crippen molar-refractivity contribution in [3.63, 3.8) is 0 Å². The molecule has 1 aliphatic carbocycles. The molecule has 44 heavy (non-hydrogen) atoms. The Morgan fingerprint density at radius 2 is 1.75 bits per heavy atom. The molecular weight excluding hydrogens is 660 g/mol. The number of benzene rings is 2. The number of pyridine rings is 1. The molecule has 1 saturated carbocycles. The van der Waals surface area contributed by atoms with Crippen LogP contribution in [-0.4, -0.2) is 69.4 Å². The number of morpholine rings is 1. The van der Waals surface area contributed by atoms with E-state index in [4.69, 9.17) is 30.2 Å². The zero-order chi connectivity index (χ0) is 31.5. The predicted octanol–water partition coefficient (Wildman–Crippen LogP) is 7.12. The maximum atomic E-state index is 13.8. The zero-order valence-electron chi connectivity index (χ0n) is 26.3. The number of hydrogen-bond acceptors (Lipinski definition) is 7. The Labute approximate surface area is 275 Å². The summed E-state index contributed by atoms with van der Waals surface area (Å²) in [7, 11) is -0.915. The highest BCUT2D eigenvalue weighted by atomic mass is 79.9. The van der Waals surface area contributed by atoms with Gasteiger partial charge in [-0.1, -0.05) is 90.8 Å². The van der Waals surface area contributed by atoms with Crippen LogP contribution in [0.4, 0.5) is 0 Å². The summed E-state index contributed by atoms with van der Waals surface area (Å²) in [5.41, 5.74) is -0.548. The van der Waals surface area contributed by atoms with Gasteiger partial charge in [0.05, 0.1) is 32.0 Å². The fourth-order valence-corrected chi connectivity index (χ4v) is 8.95. The van der Waals surface area contributed by atoms with Gasteiger partial charge in [-0.05, 0) is 41.4 Å². The van der Waals surface area contributed by atoms with Gasteiger partial charge < -0.3 is 23.7 Å². The second-order valence-corrected chi connectivity index (χ2v) is 19.8. The van der Waals surface area contributed by atoms with Crippen LogP contribution in [0.15, 0.2) is 65.1 Å². The van der Waals surface area contributed by atoms with Crippen LogP contribution < -0.4 is 9.47 Å². The molecule has 0 bridgehead atoms. The molecule has 6 rings (SSSR count). The van der Waals surface area contributed by atoms with E-state index in [-0.39, 0.29) is 27.9 Å². The van der Waals surface area contributed by atoms with E-state index in [0.717, 1.165) is 28.7 Å². The summed E-state index contributed by atoms with van der Waals surface area (Å²) in [6.45, 7) is 14.8. The fraction of sp³-hybridized carbons (Fsp3) is 0.500. The summed E-state index contributed by atoms with van der Waals surface area (Å²) in [6, 6.07) is 20.2. The van der Waals surface area contributed by atoms with Gasteiger partial charge in [0.1, 0.15) is 10.9 Å². The molecule has 7 nitrogen and oxygen atoms in total. The molecular formula is C34H42BrClN2O5Si. The van der Waals surface area contributed by atoms with Crippen LogP contribution in [-0.2, 0) is 20.4 Å². The number of aromatic nitrogens is 1. The minimum absolute atomic E-state index is 0.109. The third-order valence-corrected chi connectivity index (χ3v) is 15.4. The molecule has 2 aromatic carbocycles. The monoisotopic (exact) mass is 700 g/mol. The molecule has 1 aromatic heterocycles. The van der Waals surface area contributed by atoms with Gasteiger partial charge >= 0.3 is 0 Å². The molecule has 10 heteroatoms. The number of nitrogens with zero attached hydrogens (tertiary/aromatic N) is 2. The highest BCUT2D eigenvalue weighted by Crippen LogP contribution is 2.71. The number of ether oxygens (including phenoxy) is 3. The van der Waals surface area contributed by atoms with Crippen molar-refractivity contribution in [3.8, 4) is 11.6 Å². The molecule has 236 valence electrons. The Kier molecular flexibility index (Phi) is 8.48.